The van der Waals surface area contributed by atoms with Crippen molar-refractivity contribution in [1.29, 1.82) is 0 Å². The van der Waals surface area contributed by atoms with Crippen LogP contribution in [0.2, 0.25) is 0 Å². The number of rotatable bonds is 7. The zero-order chi connectivity index (χ0) is 23.3. The predicted octanol–water partition coefficient (Wildman–Crippen LogP) is 5.02. The number of Topliss-reactive ketones (excluding diaryl/α,β-unsaturated/α-hetero) is 1. The van der Waals surface area contributed by atoms with Crippen molar-refractivity contribution in [3.8, 4) is 11.1 Å². The van der Waals surface area contributed by atoms with Gasteiger partial charge in [0, 0.05) is 12.0 Å². The van der Waals surface area contributed by atoms with Gasteiger partial charge in [-0.3, -0.25) is 9.59 Å². The van der Waals surface area contributed by atoms with Crippen molar-refractivity contribution >= 4 is 23.7 Å². The third kappa shape index (κ3) is 5.16. The van der Waals surface area contributed by atoms with Gasteiger partial charge in [-0.2, -0.15) is 0 Å². The highest BCUT2D eigenvalue weighted by molar-refractivity contribution is 6.01. The minimum absolute atomic E-state index is 0.113. The topological polar surface area (TPSA) is 97.7 Å². The Balaban J connectivity index is 1.70. The molecule has 0 amide bonds. The highest BCUT2D eigenvalue weighted by atomic mass is 16.6. The monoisotopic (exact) mass is 430 g/mol. The molecule has 0 heterocycles. The van der Waals surface area contributed by atoms with E-state index in [0.29, 0.717) is 22.3 Å². The predicted molar refractivity (Wildman–Crippen MR) is 119 cm³/mol. The summed E-state index contributed by atoms with van der Waals surface area (Å²) in [6.07, 6.45) is -0.341. The fourth-order valence-electron chi connectivity index (χ4n) is 3.50. The number of carbonyl (C=O) groups excluding carboxylic acids is 3. The van der Waals surface area contributed by atoms with E-state index in [1.807, 2.05) is 6.07 Å². The largest absolute Gasteiger partial charge is 0.478 e. The summed E-state index contributed by atoms with van der Waals surface area (Å²) in [5.74, 6) is -2.81. The van der Waals surface area contributed by atoms with Crippen LogP contribution in [0.5, 0.6) is 0 Å². The van der Waals surface area contributed by atoms with Crippen LogP contribution in [0.15, 0.2) is 66.7 Å². The van der Waals surface area contributed by atoms with Crippen molar-refractivity contribution < 1.29 is 29.0 Å². The SMILES string of the molecule is Cc1ccc(-c2cccc(C(=O)CCC(=O)OC(=O)c3ccccc3)c2)c(C)c1C(=O)O. The van der Waals surface area contributed by atoms with E-state index in [0.717, 1.165) is 5.56 Å². The number of aromatic carboxylic acids is 1. The molecule has 6 nitrogen and oxygen atoms in total. The lowest BCUT2D eigenvalue weighted by molar-refractivity contribution is -0.137. The molecule has 3 aromatic carbocycles. The van der Waals surface area contributed by atoms with E-state index in [1.54, 1.807) is 62.4 Å². The molecule has 0 aliphatic carbocycles. The van der Waals surface area contributed by atoms with Gasteiger partial charge in [0.1, 0.15) is 0 Å². The molecule has 0 aliphatic rings. The zero-order valence-electron chi connectivity index (χ0n) is 17.8. The molecular weight excluding hydrogens is 408 g/mol. The molecule has 3 aromatic rings. The van der Waals surface area contributed by atoms with Crippen molar-refractivity contribution in [2.75, 3.05) is 0 Å². The average Bonchev–Trinajstić information content (AvgIpc) is 2.78. The molecule has 0 atom stereocenters. The minimum Gasteiger partial charge on any atom is -0.478 e. The Kier molecular flexibility index (Phi) is 6.95. The first kappa shape index (κ1) is 22.6. The van der Waals surface area contributed by atoms with Gasteiger partial charge in [0.25, 0.3) is 0 Å². The fraction of sp³-hybridized carbons (Fsp3) is 0.154. The Morgan fingerprint density at radius 3 is 2.19 bits per heavy atom. The van der Waals surface area contributed by atoms with Crippen LogP contribution in [0.3, 0.4) is 0 Å². The lowest BCUT2D eigenvalue weighted by Crippen LogP contribution is -2.14. The maximum absolute atomic E-state index is 12.6. The minimum atomic E-state index is -1.00. The van der Waals surface area contributed by atoms with Crippen LogP contribution < -0.4 is 0 Å². The quantitative estimate of drug-likeness (QED) is 0.321. The third-order valence-corrected chi connectivity index (χ3v) is 5.15. The second-order valence-electron chi connectivity index (χ2n) is 7.37. The molecule has 0 unspecified atom stereocenters. The normalized spacial score (nSPS) is 10.4. The van der Waals surface area contributed by atoms with E-state index >= 15 is 0 Å². The van der Waals surface area contributed by atoms with Gasteiger partial charge in [0.05, 0.1) is 17.5 Å². The van der Waals surface area contributed by atoms with E-state index in [1.165, 1.54) is 12.1 Å². The molecular formula is C26H22O6. The van der Waals surface area contributed by atoms with Crippen LogP contribution in [-0.4, -0.2) is 28.8 Å². The van der Waals surface area contributed by atoms with Gasteiger partial charge in [-0.05, 0) is 54.3 Å². The van der Waals surface area contributed by atoms with E-state index in [9.17, 15) is 24.3 Å². The first-order valence-electron chi connectivity index (χ1n) is 10.0. The number of ketones is 1. The third-order valence-electron chi connectivity index (χ3n) is 5.15. The highest BCUT2D eigenvalue weighted by Gasteiger charge is 2.17. The zero-order valence-corrected chi connectivity index (χ0v) is 17.8. The molecule has 0 radical (unpaired) electrons. The molecule has 32 heavy (non-hydrogen) atoms. The molecule has 3 rings (SSSR count). The molecule has 0 aliphatic heterocycles. The summed E-state index contributed by atoms with van der Waals surface area (Å²) in [5.41, 5.74) is 3.59. The number of benzene rings is 3. The number of ether oxygens (including phenoxy) is 1. The Labute approximate surface area is 185 Å². The molecule has 0 saturated heterocycles. The van der Waals surface area contributed by atoms with E-state index in [-0.39, 0.29) is 29.8 Å². The number of esters is 2. The standard InChI is InChI=1S/C26H22O6/c1-16-11-12-21(17(2)24(16)25(29)30)19-9-6-10-20(15-19)22(27)13-14-23(28)32-26(31)18-7-4-3-5-8-18/h3-12,15H,13-14H2,1-2H3,(H,29,30). The number of carbonyl (C=O) groups is 4. The summed E-state index contributed by atoms with van der Waals surface area (Å²) in [6.45, 7) is 3.47. The first-order valence-corrected chi connectivity index (χ1v) is 10.0. The summed E-state index contributed by atoms with van der Waals surface area (Å²) < 4.78 is 4.79. The Morgan fingerprint density at radius 1 is 0.812 bits per heavy atom. The van der Waals surface area contributed by atoms with Crippen molar-refractivity contribution in [3.05, 3.63) is 94.5 Å². The average molecular weight is 430 g/mol. The lowest BCUT2D eigenvalue weighted by Gasteiger charge is -2.12. The number of carboxylic acid groups (broad SMARTS) is 1. The van der Waals surface area contributed by atoms with E-state index in [4.69, 9.17) is 4.74 Å². The molecule has 0 saturated carbocycles. The Bertz CT molecular complexity index is 1190. The number of aryl methyl sites for hydroxylation is 1. The maximum Gasteiger partial charge on any atom is 0.345 e. The summed E-state index contributed by atoms with van der Waals surface area (Å²) in [7, 11) is 0. The second-order valence-corrected chi connectivity index (χ2v) is 7.37. The Hall–Kier alpha value is -4.06. The number of hydrogen-bond acceptors (Lipinski definition) is 5. The smallest absolute Gasteiger partial charge is 0.345 e. The van der Waals surface area contributed by atoms with Gasteiger partial charge < -0.3 is 9.84 Å². The molecule has 0 spiro atoms. The Morgan fingerprint density at radius 2 is 1.50 bits per heavy atom. The van der Waals surface area contributed by atoms with Crippen LogP contribution in [0.25, 0.3) is 11.1 Å². The molecule has 0 fully saturated rings. The van der Waals surface area contributed by atoms with Crippen molar-refractivity contribution in [2.45, 2.75) is 26.7 Å². The highest BCUT2D eigenvalue weighted by Crippen LogP contribution is 2.29. The summed E-state index contributed by atoms with van der Waals surface area (Å²) in [6, 6.07) is 18.5. The second kappa shape index (κ2) is 9.83. The van der Waals surface area contributed by atoms with Crippen LogP contribution in [0, 0.1) is 13.8 Å². The van der Waals surface area contributed by atoms with Gasteiger partial charge in [0.2, 0.25) is 0 Å². The van der Waals surface area contributed by atoms with E-state index in [2.05, 4.69) is 0 Å². The molecule has 0 aromatic heterocycles. The van der Waals surface area contributed by atoms with Crippen LogP contribution in [0.4, 0.5) is 0 Å². The lowest BCUT2D eigenvalue weighted by atomic mass is 9.92. The molecule has 6 heteroatoms. The number of carboxylic acids is 1. The van der Waals surface area contributed by atoms with Gasteiger partial charge in [-0.15, -0.1) is 0 Å². The fourth-order valence-corrected chi connectivity index (χ4v) is 3.50. The summed E-state index contributed by atoms with van der Waals surface area (Å²) in [4.78, 5) is 48.1. The molecule has 162 valence electrons. The van der Waals surface area contributed by atoms with Crippen LogP contribution in [0.1, 0.15) is 55.0 Å². The summed E-state index contributed by atoms with van der Waals surface area (Å²) in [5, 5.41) is 9.50. The first-order chi connectivity index (χ1) is 15.3. The van der Waals surface area contributed by atoms with E-state index < -0.39 is 17.9 Å². The van der Waals surface area contributed by atoms with Crippen molar-refractivity contribution in [2.24, 2.45) is 0 Å². The van der Waals surface area contributed by atoms with Crippen molar-refractivity contribution in [1.82, 2.24) is 0 Å². The molecule has 0 bridgehead atoms. The molecule has 1 N–H and O–H groups in total. The van der Waals surface area contributed by atoms with Crippen LogP contribution >= 0.6 is 0 Å². The maximum atomic E-state index is 12.6. The van der Waals surface area contributed by atoms with Crippen LogP contribution in [-0.2, 0) is 9.53 Å². The van der Waals surface area contributed by atoms with Gasteiger partial charge in [-0.1, -0.05) is 48.5 Å². The summed E-state index contributed by atoms with van der Waals surface area (Å²) >= 11 is 0. The van der Waals surface area contributed by atoms with Gasteiger partial charge in [-0.25, -0.2) is 9.59 Å². The van der Waals surface area contributed by atoms with Gasteiger partial charge in [0.15, 0.2) is 5.78 Å². The van der Waals surface area contributed by atoms with Crippen molar-refractivity contribution in [3.63, 3.8) is 0 Å². The van der Waals surface area contributed by atoms with Gasteiger partial charge >= 0.3 is 17.9 Å². The number of hydrogen-bond donors (Lipinski definition) is 1.